The summed E-state index contributed by atoms with van der Waals surface area (Å²) in [7, 11) is 0. The molecule has 102 valence electrons. The molecule has 8 heteroatoms. The summed E-state index contributed by atoms with van der Waals surface area (Å²) in [6.07, 6.45) is -5.27. The van der Waals surface area contributed by atoms with Gasteiger partial charge in [-0.3, -0.25) is 14.4 Å². The van der Waals surface area contributed by atoms with Crippen LogP contribution in [0.5, 0.6) is 0 Å². The fourth-order valence-corrected chi connectivity index (χ4v) is 1.65. The molecule has 18 heavy (non-hydrogen) atoms. The quantitative estimate of drug-likeness (QED) is 0.541. The summed E-state index contributed by atoms with van der Waals surface area (Å²) in [6.45, 7) is 0.642. The molecule has 1 aliphatic heterocycles. The number of hydrogen-bond donors (Lipinski definition) is 0. The van der Waals surface area contributed by atoms with Gasteiger partial charge in [0.1, 0.15) is 5.92 Å². The van der Waals surface area contributed by atoms with Crippen LogP contribution in [0, 0.1) is 5.92 Å². The maximum atomic E-state index is 12.2. The average molecular weight is 267 g/mol. The van der Waals surface area contributed by atoms with E-state index in [1.807, 2.05) is 0 Å². The Morgan fingerprint density at radius 1 is 1.44 bits per heavy atom. The third-order valence-electron chi connectivity index (χ3n) is 2.52. The minimum Gasteiger partial charge on any atom is -0.465 e. The number of Topliss-reactive ketones (excluding diaryl/α,β-unsaturated/α-hetero) is 1. The first-order valence-electron chi connectivity index (χ1n) is 5.32. The van der Waals surface area contributed by atoms with Crippen LogP contribution >= 0.6 is 0 Å². The Balaban J connectivity index is 2.75. The minimum absolute atomic E-state index is 0.0236. The van der Waals surface area contributed by atoms with Crippen LogP contribution in [-0.2, 0) is 19.1 Å². The van der Waals surface area contributed by atoms with Gasteiger partial charge in [0, 0.05) is 19.5 Å². The number of likely N-dealkylation sites (tertiary alicyclic amines) is 1. The van der Waals surface area contributed by atoms with Crippen LogP contribution in [0.2, 0.25) is 0 Å². The molecule has 0 aromatic carbocycles. The molecule has 0 saturated carbocycles. The SMILES string of the molecule is CCOC(=O)[C@H]1CN(C(=O)C(F)(F)F)CCC1=O. The standard InChI is InChI=1S/C10H12F3NO4/c1-2-18-8(16)6-5-14(4-3-7(6)15)9(17)10(11,12)13/h6H,2-5H2,1H3/t6-/m0/s1. The first kappa shape index (κ1) is 14.5. The molecule has 1 saturated heterocycles. The molecule has 0 aromatic rings. The number of rotatable bonds is 2. The Morgan fingerprint density at radius 3 is 2.56 bits per heavy atom. The number of esters is 1. The van der Waals surface area contributed by atoms with E-state index >= 15 is 0 Å². The van der Waals surface area contributed by atoms with E-state index in [4.69, 9.17) is 0 Å². The smallest absolute Gasteiger partial charge is 0.465 e. The van der Waals surface area contributed by atoms with Crippen molar-refractivity contribution in [3.63, 3.8) is 0 Å². The number of carbonyl (C=O) groups is 3. The van der Waals surface area contributed by atoms with Gasteiger partial charge in [0.15, 0.2) is 5.78 Å². The summed E-state index contributed by atoms with van der Waals surface area (Å²) in [6, 6.07) is 0. The topological polar surface area (TPSA) is 63.7 Å². The van der Waals surface area contributed by atoms with E-state index in [-0.39, 0.29) is 19.6 Å². The third kappa shape index (κ3) is 3.21. The van der Waals surface area contributed by atoms with Crippen molar-refractivity contribution in [1.82, 2.24) is 4.90 Å². The summed E-state index contributed by atoms with van der Waals surface area (Å²) in [5.41, 5.74) is 0. The van der Waals surface area contributed by atoms with Gasteiger partial charge in [0.05, 0.1) is 6.61 Å². The summed E-state index contributed by atoms with van der Waals surface area (Å²) in [4.78, 5) is 34.2. The average Bonchev–Trinajstić information content (AvgIpc) is 2.27. The first-order valence-corrected chi connectivity index (χ1v) is 5.32. The zero-order valence-electron chi connectivity index (χ0n) is 9.62. The summed E-state index contributed by atoms with van der Waals surface area (Å²) in [5.74, 6) is -4.74. The van der Waals surface area contributed by atoms with Crippen molar-refractivity contribution < 1.29 is 32.3 Å². The van der Waals surface area contributed by atoms with Crippen LogP contribution in [0.25, 0.3) is 0 Å². The predicted molar refractivity (Wildman–Crippen MR) is 52.4 cm³/mol. The van der Waals surface area contributed by atoms with Crippen molar-refractivity contribution in [3.8, 4) is 0 Å². The monoisotopic (exact) mass is 267 g/mol. The zero-order chi connectivity index (χ0) is 13.9. The molecule has 0 aromatic heterocycles. The molecule has 0 N–H and O–H groups in total. The fourth-order valence-electron chi connectivity index (χ4n) is 1.65. The Labute approximate surface area is 101 Å². The lowest BCUT2D eigenvalue weighted by Crippen LogP contribution is -2.51. The lowest BCUT2D eigenvalue weighted by Gasteiger charge is -2.30. The molecule has 0 radical (unpaired) electrons. The molecule has 5 nitrogen and oxygen atoms in total. The molecule has 1 atom stereocenters. The maximum absolute atomic E-state index is 12.2. The predicted octanol–water partition coefficient (Wildman–Crippen LogP) is 0.529. The van der Waals surface area contributed by atoms with Crippen LogP contribution in [0.15, 0.2) is 0 Å². The van der Waals surface area contributed by atoms with Crippen LogP contribution in [0.4, 0.5) is 13.2 Å². The van der Waals surface area contributed by atoms with Gasteiger partial charge < -0.3 is 9.64 Å². The van der Waals surface area contributed by atoms with Crippen molar-refractivity contribution in [1.29, 1.82) is 0 Å². The molecule has 0 aliphatic carbocycles. The van der Waals surface area contributed by atoms with E-state index in [0.717, 1.165) is 0 Å². The van der Waals surface area contributed by atoms with Crippen molar-refractivity contribution in [3.05, 3.63) is 0 Å². The van der Waals surface area contributed by atoms with Gasteiger partial charge in [0.25, 0.3) is 0 Å². The Morgan fingerprint density at radius 2 is 2.06 bits per heavy atom. The number of carbonyl (C=O) groups excluding carboxylic acids is 3. The van der Waals surface area contributed by atoms with Gasteiger partial charge in [-0.05, 0) is 6.92 Å². The molecular formula is C10H12F3NO4. The Kier molecular flexibility index (Phi) is 4.31. The maximum Gasteiger partial charge on any atom is 0.471 e. The molecule has 1 aliphatic rings. The molecule has 1 rings (SSSR count). The number of nitrogens with zero attached hydrogens (tertiary/aromatic N) is 1. The second-order valence-electron chi connectivity index (χ2n) is 3.77. The molecule has 1 amide bonds. The van der Waals surface area contributed by atoms with Gasteiger partial charge in [0.2, 0.25) is 0 Å². The number of amides is 1. The fraction of sp³-hybridized carbons (Fsp3) is 0.700. The Bertz CT molecular complexity index is 367. The highest BCUT2D eigenvalue weighted by molar-refractivity contribution is 6.01. The van der Waals surface area contributed by atoms with Gasteiger partial charge >= 0.3 is 18.1 Å². The van der Waals surface area contributed by atoms with Gasteiger partial charge in [-0.1, -0.05) is 0 Å². The molecule has 1 fully saturated rings. The number of hydrogen-bond acceptors (Lipinski definition) is 4. The first-order chi connectivity index (χ1) is 8.27. The highest BCUT2D eigenvalue weighted by atomic mass is 19.4. The van der Waals surface area contributed by atoms with Crippen molar-refractivity contribution in [2.24, 2.45) is 5.92 Å². The van der Waals surface area contributed by atoms with E-state index in [0.29, 0.717) is 4.90 Å². The second kappa shape index (κ2) is 5.36. The second-order valence-corrected chi connectivity index (χ2v) is 3.77. The lowest BCUT2D eigenvalue weighted by molar-refractivity contribution is -0.188. The zero-order valence-corrected chi connectivity index (χ0v) is 9.62. The number of halogens is 3. The van der Waals surface area contributed by atoms with Crippen molar-refractivity contribution >= 4 is 17.7 Å². The van der Waals surface area contributed by atoms with Gasteiger partial charge in [-0.15, -0.1) is 0 Å². The van der Waals surface area contributed by atoms with E-state index in [2.05, 4.69) is 4.74 Å². The van der Waals surface area contributed by atoms with E-state index in [1.165, 1.54) is 6.92 Å². The van der Waals surface area contributed by atoms with Crippen LogP contribution < -0.4 is 0 Å². The van der Waals surface area contributed by atoms with Crippen molar-refractivity contribution in [2.45, 2.75) is 19.5 Å². The largest absolute Gasteiger partial charge is 0.471 e. The minimum atomic E-state index is -5.00. The molecule has 0 spiro atoms. The number of alkyl halides is 3. The third-order valence-corrected chi connectivity index (χ3v) is 2.52. The summed E-state index contributed by atoms with van der Waals surface area (Å²) in [5, 5.41) is 0. The van der Waals surface area contributed by atoms with E-state index < -0.39 is 36.3 Å². The summed E-state index contributed by atoms with van der Waals surface area (Å²) >= 11 is 0. The van der Waals surface area contributed by atoms with E-state index in [1.54, 1.807) is 0 Å². The van der Waals surface area contributed by atoms with Gasteiger partial charge in [-0.25, -0.2) is 0 Å². The van der Waals surface area contributed by atoms with Crippen LogP contribution in [-0.4, -0.2) is 48.4 Å². The van der Waals surface area contributed by atoms with Crippen LogP contribution in [0.3, 0.4) is 0 Å². The van der Waals surface area contributed by atoms with Crippen molar-refractivity contribution in [2.75, 3.05) is 19.7 Å². The number of piperidine rings is 1. The molecular weight excluding hydrogens is 255 g/mol. The number of ether oxygens (including phenoxy) is 1. The molecule has 0 bridgehead atoms. The molecule has 0 unspecified atom stereocenters. The number of ketones is 1. The Hall–Kier alpha value is -1.60. The highest BCUT2D eigenvalue weighted by Crippen LogP contribution is 2.23. The summed E-state index contributed by atoms with van der Waals surface area (Å²) < 4.78 is 41.2. The van der Waals surface area contributed by atoms with E-state index in [9.17, 15) is 27.6 Å². The normalized spacial score (nSPS) is 20.8. The molecule has 1 heterocycles. The van der Waals surface area contributed by atoms with Gasteiger partial charge in [-0.2, -0.15) is 13.2 Å². The van der Waals surface area contributed by atoms with Crippen LogP contribution in [0.1, 0.15) is 13.3 Å². The highest BCUT2D eigenvalue weighted by Gasteiger charge is 2.46. The lowest BCUT2D eigenvalue weighted by atomic mass is 9.96.